The topological polar surface area (TPSA) is 76.1 Å². The van der Waals surface area contributed by atoms with Crippen LogP contribution in [0.2, 0.25) is 0 Å². The highest BCUT2D eigenvalue weighted by Gasteiger charge is 2.49. The third kappa shape index (κ3) is 3.40. The van der Waals surface area contributed by atoms with Crippen molar-refractivity contribution in [1.29, 1.82) is 0 Å². The Morgan fingerprint density at radius 1 is 1.08 bits per heavy atom. The fourth-order valence-corrected chi connectivity index (χ4v) is 2.94. The molecule has 25 heavy (non-hydrogen) atoms. The van der Waals surface area contributed by atoms with Crippen LogP contribution in [0.3, 0.4) is 0 Å². The van der Waals surface area contributed by atoms with Gasteiger partial charge in [0.05, 0.1) is 6.04 Å². The van der Waals surface area contributed by atoms with Gasteiger partial charge in [-0.15, -0.1) is 0 Å². The van der Waals surface area contributed by atoms with Gasteiger partial charge in [0.1, 0.15) is 0 Å². The normalized spacial score (nSPS) is 22.8. The standard InChI is InChI=1S/C19H19NO5/c1-2-24-19-20(17(21)14-11-7-4-8-12-14)15(16(25-19)18(22)23)13-9-5-3-6-10-13/h3-12,15-16,19H,2H2,1H3,(H,22,23)/t15-,16+,19?/m0/s1. The summed E-state index contributed by atoms with van der Waals surface area (Å²) < 4.78 is 11.1. The van der Waals surface area contributed by atoms with E-state index in [1.807, 2.05) is 12.1 Å². The lowest BCUT2D eigenvalue weighted by Crippen LogP contribution is -2.40. The maximum atomic E-state index is 13.1. The highest BCUT2D eigenvalue weighted by Crippen LogP contribution is 2.37. The van der Waals surface area contributed by atoms with Crippen molar-refractivity contribution in [2.75, 3.05) is 6.61 Å². The molecule has 1 saturated heterocycles. The van der Waals surface area contributed by atoms with E-state index in [9.17, 15) is 14.7 Å². The van der Waals surface area contributed by atoms with Crippen molar-refractivity contribution in [3.05, 3.63) is 71.8 Å². The predicted molar refractivity (Wildman–Crippen MR) is 89.7 cm³/mol. The Morgan fingerprint density at radius 2 is 1.68 bits per heavy atom. The summed E-state index contributed by atoms with van der Waals surface area (Å²) in [5.74, 6) is -1.47. The molecular formula is C19H19NO5. The van der Waals surface area contributed by atoms with Crippen molar-refractivity contribution >= 4 is 11.9 Å². The zero-order valence-corrected chi connectivity index (χ0v) is 13.7. The van der Waals surface area contributed by atoms with E-state index >= 15 is 0 Å². The summed E-state index contributed by atoms with van der Waals surface area (Å²) in [6, 6.07) is 16.9. The lowest BCUT2D eigenvalue weighted by Gasteiger charge is -2.28. The van der Waals surface area contributed by atoms with Gasteiger partial charge in [0.2, 0.25) is 6.41 Å². The Kier molecular flexibility index (Phi) is 5.11. The summed E-state index contributed by atoms with van der Waals surface area (Å²) in [5, 5.41) is 9.58. The van der Waals surface area contributed by atoms with Crippen molar-refractivity contribution in [1.82, 2.24) is 4.90 Å². The van der Waals surface area contributed by atoms with E-state index in [4.69, 9.17) is 9.47 Å². The lowest BCUT2D eigenvalue weighted by atomic mass is 10.00. The summed E-state index contributed by atoms with van der Waals surface area (Å²) in [5.41, 5.74) is 1.13. The van der Waals surface area contributed by atoms with E-state index in [0.29, 0.717) is 11.1 Å². The minimum absolute atomic E-state index is 0.289. The predicted octanol–water partition coefficient (Wildman–Crippen LogP) is 2.67. The molecule has 3 atom stereocenters. The number of aliphatic carboxylic acids is 1. The molecule has 0 aromatic heterocycles. The molecule has 1 heterocycles. The molecule has 3 rings (SSSR count). The molecule has 0 saturated carbocycles. The lowest BCUT2D eigenvalue weighted by molar-refractivity contribution is -0.185. The number of rotatable bonds is 5. The minimum Gasteiger partial charge on any atom is -0.479 e. The third-order valence-corrected chi connectivity index (χ3v) is 4.03. The Morgan fingerprint density at radius 3 is 2.24 bits per heavy atom. The van der Waals surface area contributed by atoms with Gasteiger partial charge in [-0.2, -0.15) is 0 Å². The number of carbonyl (C=O) groups is 2. The third-order valence-electron chi connectivity index (χ3n) is 4.03. The molecule has 6 heteroatoms. The molecular weight excluding hydrogens is 322 g/mol. The van der Waals surface area contributed by atoms with E-state index < -0.39 is 24.5 Å². The molecule has 1 amide bonds. The van der Waals surface area contributed by atoms with Crippen molar-refractivity contribution < 1.29 is 24.2 Å². The quantitative estimate of drug-likeness (QED) is 0.905. The van der Waals surface area contributed by atoms with Crippen molar-refractivity contribution in [2.24, 2.45) is 0 Å². The van der Waals surface area contributed by atoms with Gasteiger partial charge in [-0.05, 0) is 24.6 Å². The smallest absolute Gasteiger partial charge is 0.335 e. The Balaban J connectivity index is 2.05. The van der Waals surface area contributed by atoms with Gasteiger partial charge in [-0.1, -0.05) is 48.5 Å². The molecule has 0 aliphatic carbocycles. The number of nitrogens with zero attached hydrogens (tertiary/aromatic N) is 1. The van der Waals surface area contributed by atoms with Crippen molar-refractivity contribution in [3.8, 4) is 0 Å². The van der Waals surface area contributed by atoms with Crippen molar-refractivity contribution in [2.45, 2.75) is 25.5 Å². The molecule has 0 bridgehead atoms. The molecule has 1 fully saturated rings. The van der Waals surface area contributed by atoms with E-state index in [1.54, 1.807) is 55.5 Å². The monoisotopic (exact) mass is 341 g/mol. The Labute approximate surface area is 145 Å². The summed E-state index contributed by atoms with van der Waals surface area (Å²) in [7, 11) is 0. The van der Waals surface area contributed by atoms with Gasteiger partial charge in [0, 0.05) is 12.2 Å². The summed E-state index contributed by atoms with van der Waals surface area (Å²) in [6.45, 7) is 2.05. The SMILES string of the molecule is CCOC1O[C@@H](C(=O)O)[C@H](c2ccccc2)N1C(=O)c1ccccc1. The van der Waals surface area contributed by atoms with Crippen LogP contribution in [0.15, 0.2) is 60.7 Å². The number of hydrogen-bond donors (Lipinski definition) is 1. The van der Waals surface area contributed by atoms with Crippen LogP contribution >= 0.6 is 0 Å². The van der Waals surface area contributed by atoms with Gasteiger partial charge in [-0.25, -0.2) is 4.79 Å². The molecule has 0 radical (unpaired) electrons. The Bertz CT molecular complexity index is 734. The van der Waals surface area contributed by atoms with Gasteiger partial charge >= 0.3 is 5.97 Å². The minimum atomic E-state index is -1.20. The molecule has 1 unspecified atom stereocenters. The van der Waals surface area contributed by atoms with Gasteiger partial charge in [0.25, 0.3) is 5.91 Å². The first-order valence-corrected chi connectivity index (χ1v) is 8.06. The molecule has 130 valence electrons. The van der Waals surface area contributed by atoms with E-state index in [-0.39, 0.29) is 12.5 Å². The number of hydrogen-bond acceptors (Lipinski definition) is 4. The van der Waals surface area contributed by atoms with Crippen LogP contribution < -0.4 is 0 Å². The summed E-state index contributed by atoms with van der Waals surface area (Å²) in [4.78, 5) is 26.1. The molecule has 1 aliphatic heterocycles. The fraction of sp³-hybridized carbons (Fsp3) is 0.263. The molecule has 0 spiro atoms. The maximum Gasteiger partial charge on any atom is 0.335 e. The largest absolute Gasteiger partial charge is 0.479 e. The van der Waals surface area contributed by atoms with Gasteiger partial charge in [-0.3, -0.25) is 9.69 Å². The van der Waals surface area contributed by atoms with Crippen molar-refractivity contribution in [3.63, 3.8) is 0 Å². The van der Waals surface area contributed by atoms with E-state index in [2.05, 4.69) is 0 Å². The molecule has 6 nitrogen and oxygen atoms in total. The zero-order chi connectivity index (χ0) is 17.8. The first kappa shape index (κ1) is 17.1. The number of amides is 1. The van der Waals surface area contributed by atoms with Crippen LogP contribution in [0.5, 0.6) is 0 Å². The average Bonchev–Trinajstić information content (AvgIpc) is 3.02. The molecule has 2 aromatic rings. The first-order chi connectivity index (χ1) is 12.1. The van der Waals surface area contributed by atoms with Crippen LogP contribution in [0.25, 0.3) is 0 Å². The number of carbonyl (C=O) groups excluding carboxylic acids is 1. The van der Waals surface area contributed by atoms with Gasteiger partial charge < -0.3 is 14.6 Å². The fourth-order valence-electron chi connectivity index (χ4n) is 2.94. The highest BCUT2D eigenvalue weighted by atomic mass is 16.7. The second-order valence-corrected chi connectivity index (χ2v) is 5.59. The number of carboxylic acid groups (broad SMARTS) is 1. The molecule has 1 aliphatic rings. The van der Waals surface area contributed by atoms with E-state index in [1.165, 1.54) is 4.90 Å². The Hall–Kier alpha value is -2.70. The van der Waals surface area contributed by atoms with Crippen LogP contribution in [-0.4, -0.2) is 41.0 Å². The second-order valence-electron chi connectivity index (χ2n) is 5.59. The summed E-state index contributed by atoms with van der Waals surface area (Å²) >= 11 is 0. The molecule has 2 aromatic carbocycles. The van der Waals surface area contributed by atoms with E-state index in [0.717, 1.165) is 0 Å². The second kappa shape index (κ2) is 7.46. The number of carboxylic acids is 1. The maximum absolute atomic E-state index is 13.1. The first-order valence-electron chi connectivity index (χ1n) is 8.06. The van der Waals surface area contributed by atoms with Crippen LogP contribution in [-0.2, 0) is 14.3 Å². The van der Waals surface area contributed by atoms with Crippen LogP contribution in [0.1, 0.15) is 28.9 Å². The highest BCUT2D eigenvalue weighted by molar-refractivity contribution is 5.95. The van der Waals surface area contributed by atoms with Crippen LogP contribution in [0.4, 0.5) is 0 Å². The summed E-state index contributed by atoms with van der Waals surface area (Å²) in [6.07, 6.45) is -2.25. The average molecular weight is 341 g/mol. The number of ether oxygens (including phenoxy) is 2. The van der Waals surface area contributed by atoms with Gasteiger partial charge in [0.15, 0.2) is 6.10 Å². The molecule has 1 N–H and O–H groups in total. The zero-order valence-electron chi connectivity index (χ0n) is 13.7. The number of benzene rings is 2. The van der Waals surface area contributed by atoms with Crippen LogP contribution in [0, 0.1) is 0 Å².